The maximum absolute atomic E-state index is 11.7. The summed E-state index contributed by atoms with van der Waals surface area (Å²) < 4.78 is 3.02. The van der Waals surface area contributed by atoms with Crippen molar-refractivity contribution in [3.05, 3.63) is 29.8 Å². The number of amides is 2. The average Bonchev–Trinajstić information content (AvgIpc) is 2.84. The number of nitrogens with one attached hydrogen (secondary N) is 3. The summed E-state index contributed by atoms with van der Waals surface area (Å²) in [7, 11) is 0. The number of hydrogen-bond acceptors (Lipinski definition) is 11. The van der Waals surface area contributed by atoms with Gasteiger partial charge >= 0.3 is 35.9 Å². The molecule has 0 spiro atoms. The van der Waals surface area contributed by atoms with E-state index < -0.39 is 73.0 Å². The van der Waals surface area contributed by atoms with Crippen molar-refractivity contribution in [1.82, 2.24) is 20.5 Å². The van der Waals surface area contributed by atoms with E-state index in [0.29, 0.717) is 11.3 Å². The van der Waals surface area contributed by atoms with Crippen molar-refractivity contribution in [3.8, 4) is 0 Å². The van der Waals surface area contributed by atoms with Gasteiger partial charge in [-0.05, 0) is 23.5 Å². The molecule has 0 saturated heterocycles. The number of aliphatic carboxylic acids is 5. The molecule has 1 atom stereocenters. The van der Waals surface area contributed by atoms with E-state index in [4.69, 9.17) is 10.2 Å². The van der Waals surface area contributed by atoms with Gasteiger partial charge < -0.3 is 25.5 Å². The van der Waals surface area contributed by atoms with Crippen molar-refractivity contribution >= 4 is 54.0 Å². The van der Waals surface area contributed by atoms with Crippen LogP contribution in [0.25, 0.3) is 0 Å². The Labute approximate surface area is 245 Å². The fourth-order valence-electron chi connectivity index (χ4n) is 4.39. The predicted molar refractivity (Wildman–Crippen MR) is 148 cm³/mol. The van der Waals surface area contributed by atoms with Gasteiger partial charge in [0.2, 0.25) is 6.04 Å². The zero-order valence-corrected chi connectivity index (χ0v) is 23.7. The maximum Gasteiger partial charge on any atom is 0.370 e. The SMILES string of the molecule is CC(C)(CN(CC(=O)O)CC(=O)O)CN(CC(=O)O)CC(Cc1ccccc1NNC(=O)N=S)NC(C(=O)O)C(=O)O. The Hall–Kier alpha value is -4.26. The highest BCUT2D eigenvalue weighted by atomic mass is 32.1. The third kappa shape index (κ3) is 13.9. The van der Waals surface area contributed by atoms with Gasteiger partial charge in [-0.3, -0.25) is 34.9 Å². The molecule has 0 saturated carbocycles. The topological polar surface area (TPSA) is 258 Å². The van der Waals surface area contributed by atoms with E-state index in [0.717, 1.165) is 0 Å². The molecule has 0 aliphatic rings. The number of carboxylic acids is 5. The van der Waals surface area contributed by atoms with Crippen molar-refractivity contribution < 1.29 is 54.3 Å². The quantitative estimate of drug-likeness (QED) is 0.0672. The van der Waals surface area contributed by atoms with Crippen LogP contribution in [-0.4, -0.2) is 123 Å². The summed E-state index contributed by atoms with van der Waals surface area (Å²) >= 11 is 4.32. The van der Waals surface area contributed by atoms with E-state index in [1.807, 2.05) is 0 Å². The molecule has 0 heterocycles. The fraction of sp³-hybridized carbons (Fsp3) is 0.500. The Morgan fingerprint density at radius 3 is 1.86 bits per heavy atom. The molecule has 18 heteroatoms. The Morgan fingerprint density at radius 2 is 1.36 bits per heavy atom. The van der Waals surface area contributed by atoms with Gasteiger partial charge in [-0.15, -0.1) is 4.36 Å². The van der Waals surface area contributed by atoms with Gasteiger partial charge in [0.05, 0.1) is 25.3 Å². The number of anilines is 1. The summed E-state index contributed by atoms with van der Waals surface area (Å²) in [5.41, 5.74) is 4.81. The molecule has 0 radical (unpaired) electrons. The smallest absolute Gasteiger partial charge is 0.370 e. The lowest BCUT2D eigenvalue weighted by Gasteiger charge is -2.37. The lowest BCUT2D eigenvalue weighted by Crippen LogP contribution is -2.55. The first kappa shape index (κ1) is 35.8. The number of rotatable bonds is 20. The minimum atomic E-state index is -2.05. The minimum absolute atomic E-state index is 0.0195. The van der Waals surface area contributed by atoms with Crippen molar-refractivity contribution in [3.63, 3.8) is 0 Å². The molecule has 0 fully saturated rings. The third-order valence-electron chi connectivity index (χ3n) is 5.63. The van der Waals surface area contributed by atoms with Crippen LogP contribution in [0.2, 0.25) is 0 Å². The third-order valence-corrected chi connectivity index (χ3v) is 5.79. The van der Waals surface area contributed by atoms with Gasteiger partial charge in [-0.2, -0.15) is 0 Å². The highest BCUT2D eigenvalue weighted by molar-refractivity contribution is 7.47. The number of carbonyl (C=O) groups excluding carboxylic acids is 1. The molecule has 0 bridgehead atoms. The molecule has 1 unspecified atom stereocenters. The maximum atomic E-state index is 11.7. The first-order valence-electron chi connectivity index (χ1n) is 12.3. The molecule has 1 rings (SSSR count). The monoisotopic (exact) mass is 614 g/mol. The van der Waals surface area contributed by atoms with E-state index in [9.17, 15) is 44.1 Å². The van der Waals surface area contributed by atoms with Crippen LogP contribution >= 0.6 is 0 Å². The molecule has 42 heavy (non-hydrogen) atoms. The van der Waals surface area contributed by atoms with Crippen LogP contribution in [0.3, 0.4) is 0 Å². The van der Waals surface area contributed by atoms with Crippen LogP contribution in [0.4, 0.5) is 10.5 Å². The Kier molecular flexibility index (Phi) is 14.4. The summed E-state index contributed by atoms with van der Waals surface area (Å²) in [5, 5.41) is 49.4. The van der Waals surface area contributed by atoms with Crippen LogP contribution in [0.5, 0.6) is 0 Å². The Bertz CT molecular complexity index is 1140. The largest absolute Gasteiger partial charge is 0.480 e. The summed E-state index contributed by atoms with van der Waals surface area (Å²) in [6.07, 6.45) is -0.0399. The van der Waals surface area contributed by atoms with Crippen LogP contribution in [0.1, 0.15) is 19.4 Å². The average molecular weight is 615 g/mol. The van der Waals surface area contributed by atoms with Gasteiger partial charge in [0.15, 0.2) is 0 Å². The molecule has 0 aromatic heterocycles. The summed E-state index contributed by atoms with van der Waals surface area (Å²) in [6.45, 7) is 1.39. The first-order chi connectivity index (χ1) is 19.5. The molecule has 17 nitrogen and oxygen atoms in total. The zero-order valence-electron chi connectivity index (χ0n) is 22.8. The number of nitrogens with zero attached hydrogens (tertiary/aromatic N) is 3. The van der Waals surface area contributed by atoms with E-state index in [1.165, 1.54) is 9.80 Å². The Morgan fingerprint density at radius 1 is 0.857 bits per heavy atom. The van der Waals surface area contributed by atoms with Gasteiger partial charge in [-0.1, -0.05) is 32.0 Å². The summed E-state index contributed by atoms with van der Waals surface area (Å²) in [4.78, 5) is 71.6. The second-order valence-electron chi connectivity index (χ2n) is 10.1. The second-order valence-corrected chi connectivity index (χ2v) is 10.3. The fourth-order valence-corrected chi connectivity index (χ4v) is 4.43. The van der Waals surface area contributed by atoms with E-state index in [2.05, 4.69) is 33.0 Å². The molecule has 1 aromatic carbocycles. The number of para-hydroxylation sites is 1. The van der Waals surface area contributed by atoms with E-state index in [-0.39, 0.29) is 26.1 Å². The molecule has 8 N–H and O–H groups in total. The molecule has 0 aliphatic carbocycles. The highest BCUT2D eigenvalue weighted by Crippen LogP contribution is 2.21. The van der Waals surface area contributed by atoms with Gasteiger partial charge in [-0.25, -0.2) is 19.8 Å². The summed E-state index contributed by atoms with van der Waals surface area (Å²) in [5.74, 6) is -7.11. The lowest BCUT2D eigenvalue weighted by atomic mass is 9.91. The molecular weight excluding hydrogens is 580 g/mol. The van der Waals surface area contributed by atoms with Crippen LogP contribution in [-0.2, 0) is 42.8 Å². The predicted octanol–water partition coefficient (Wildman–Crippen LogP) is -0.624. The normalized spacial score (nSPS) is 12.1. The van der Waals surface area contributed by atoms with Crippen molar-refractivity contribution in [1.29, 1.82) is 0 Å². The number of urea groups is 1. The standard InChI is InChI=1S/C24H34N6O11S/c1-24(2,13-30(10-18(33)34)11-19(35)36)12-29(9-17(31)32)8-15(25-20(21(37)38)22(39)40)7-14-5-3-4-6-16(14)26-27-23(41)28-42/h3-6,15,20,25-26H,7-13H2,1-2H3,(H,27,41)(H,31,32)(H,33,34)(H,35,36)(H,37,38)(H,39,40). The number of hydrazine groups is 1. The van der Waals surface area contributed by atoms with Gasteiger partial charge in [0.1, 0.15) is 0 Å². The van der Waals surface area contributed by atoms with Crippen molar-refractivity contribution in [2.75, 3.05) is 44.7 Å². The molecular formula is C24H34N6O11S. The number of carboxylic acid groups (broad SMARTS) is 5. The highest BCUT2D eigenvalue weighted by Gasteiger charge is 2.32. The second kappa shape index (κ2) is 16.9. The van der Waals surface area contributed by atoms with Crippen LogP contribution in [0.15, 0.2) is 28.6 Å². The van der Waals surface area contributed by atoms with Gasteiger partial charge in [0.25, 0.3) is 0 Å². The van der Waals surface area contributed by atoms with Crippen molar-refractivity contribution in [2.24, 2.45) is 9.78 Å². The Balaban J connectivity index is 3.35. The van der Waals surface area contributed by atoms with Crippen LogP contribution in [0, 0.1) is 5.41 Å². The number of carbonyl (C=O) groups is 6. The first-order valence-corrected chi connectivity index (χ1v) is 12.7. The molecule has 0 aliphatic heterocycles. The lowest BCUT2D eigenvalue weighted by molar-refractivity contribution is -0.152. The molecule has 232 valence electrons. The molecule has 1 aromatic rings. The zero-order chi connectivity index (χ0) is 32.0. The molecule has 2 amide bonds. The van der Waals surface area contributed by atoms with Crippen molar-refractivity contribution in [2.45, 2.75) is 32.4 Å². The van der Waals surface area contributed by atoms with Crippen LogP contribution < -0.4 is 16.2 Å². The van der Waals surface area contributed by atoms with E-state index in [1.54, 1.807) is 38.1 Å². The number of hydrogen-bond donors (Lipinski definition) is 8. The number of benzene rings is 1. The summed E-state index contributed by atoms with van der Waals surface area (Å²) in [6, 6.07) is 2.57. The van der Waals surface area contributed by atoms with Gasteiger partial charge in [0, 0.05) is 38.1 Å². The van der Waals surface area contributed by atoms with E-state index >= 15 is 0 Å². The minimum Gasteiger partial charge on any atom is -0.480 e.